The van der Waals surface area contributed by atoms with E-state index in [2.05, 4.69) is 4.98 Å². The molecule has 32 heavy (non-hydrogen) atoms. The number of hydrogen-bond acceptors (Lipinski definition) is 4. The number of nitrogens with one attached hydrogen (secondary N) is 1. The molecule has 1 amide bonds. The van der Waals surface area contributed by atoms with Gasteiger partial charge in [0.2, 0.25) is 5.91 Å². The lowest BCUT2D eigenvalue weighted by Crippen LogP contribution is -2.43. The lowest BCUT2D eigenvalue weighted by Gasteiger charge is -2.26. The van der Waals surface area contributed by atoms with Crippen LogP contribution >= 0.6 is 0 Å². The standard InChI is InChI=1S/C24H31N5O3/c1-16(2)14-28(21-22(25)29(15-17(3)4)24(32)26-23(21)31)20(30)13-18-7-9-19(10-8-18)27-11-5-6-12-27/h5-12,16-17H,13-15,25H2,1-4H3,(H,26,31,32). The van der Waals surface area contributed by atoms with Gasteiger partial charge in [-0.2, -0.15) is 0 Å². The predicted molar refractivity (Wildman–Crippen MR) is 127 cm³/mol. The molecule has 0 spiro atoms. The Balaban J connectivity index is 1.94. The third kappa shape index (κ3) is 5.19. The molecule has 3 N–H and O–H groups in total. The van der Waals surface area contributed by atoms with Crippen LogP contribution in [0.25, 0.3) is 5.69 Å². The molecule has 0 radical (unpaired) electrons. The van der Waals surface area contributed by atoms with E-state index in [1.165, 1.54) is 9.47 Å². The number of nitrogens with two attached hydrogens (primary N) is 1. The molecule has 170 valence electrons. The first-order chi connectivity index (χ1) is 15.2. The Morgan fingerprint density at radius 3 is 2.22 bits per heavy atom. The minimum atomic E-state index is -0.649. The fourth-order valence-corrected chi connectivity index (χ4v) is 3.63. The summed E-state index contributed by atoms with van der Waals surface area (Å²) in [5, 5.41) is 0. The van der Waals surface area contributed by atoms with Crippen molar-refractivity contribution in [3.05, 3.63) is 75.2 Å². The Labute approximate surface area is 187 Å². The highest BCUT2D eigenvalue weighted by Crippen LogP contribution is 2.21. The minimum Gasteiger partial charge on any atom is -0.383 e. The maximum Gasteiger partial charge on any atom is 0.330 e. The lowest BCUT2D eigenvalue weighted by molar-refractivity contribution is -0.118. The zero-order valence-corrected chi connectivity index (χ0v) is 19.0. The summed E-state index contributed by atoms with van der Waals surface area (Å²) < 4.78 is 3.31. The van der Waals surface area contributed by atoms with E-state index in [1.54, 1.807) is 0 Å². The van der Waals surface area contributed by atoms with Crippen LogP contribution in [0.4, 0.5) is 11.5 Å². The summed E-state index contributed by atoms with van der Waals surface area (Å²) in [7, 11) is 0. The van der Waals surface area contributed by atoms with E-state index in [0.717, 1.165) is 11.3 Å². The molecule has 2 heterocycles. The first-order valence-corrected chi connectivity index (χ1v) is 10.8. The van der Waals surface area contributed by atoms with E-state index in [4.69, 9.17) is 5.73 Å². The van der Waals surface area contributed by atoms with E-state index in [-0.39, 0.29) is 35.7 Å². The van der Waals surface area contributed by atoms with E-state index in [1.807, 2.05) is 81.1 Å². The van der Waals surface area contributed by atoms with Gasteiger partial charge in [-0.1, -0.05) is 39.8 Å². The van der Waals surface area contributed by atoms with Crippen LogP contribution in [0.3, 0.4) is 0 Å². The number of nitrogens with zero attached hydrogens (tertiary/aromatic N) is 3. The van der Waals surface area contributed by atoms with Gasteiger partial charge in [0.15, 0.2) is 5.69 Å². The molecular weight excluding hydrogens is 406 g/mol. The Morgan fingerprint density at radius 2 is 1.66 bits per heavy atom. The van der Waals surface area contributed by atoms with Crippen molar-refractivity contribution in [1.82, 2.24) is 14.1 Å². The number of aromatic nitrogens is 3. The highest BCUT2D eigenvalue weighted by atomic mass is 16.2. The molecule has 8 nitrogen and oxygen atoms in total. The smallest absolute Gasteiger partial charge is 0.330 e. The van der Waals surface area contributed by atoms with Gasteiger partial charge in [-0.05, 0) is 41.7 Å². The monoisotopic (exact) mass is 437 g/mol. The number of hydrogen-bond donors (Lipinski definition) is 2. The van der Waals surface area contributed by atoms with Crippen LogP contribution in [0, 0.1) is 11.8 Å². The summed E-state index contributed by atoms with van der Waals surface area (Å²) in [5.74, 6) is 0.00456. The predicted octanol–water partition coefficient (Wildman–Crippen LogP) is 2.80. The van der Waals surface area contributed by atoms with Crippen LogP contribution in [0.2, 0.25) is 0 Å². The number of anilines is 2. The maximum atomic E-state index is 13.3. The SMILES string of the molecule is CC(C)CN(C(=O)Cc1ccc(-n2cccc2)cc1)c1c(N)n(CC(C)C)c(=O)[nH]c1=O. The van der Waals surface area contributed by atoms with Gasteiger partial charge in [0.05, 0.1) is 6.42 Å². The Kier molecular flexibility index (Phi) is 7.02. The largest absolute Gasteiger partial charge is 0.383 e. The van der Waals surface area contributed by atoms with Gasteiger partial charge in [0.1, 0.15) is 5.82 Å². The first kappa shape index (κ1) is 23.1. The first-order valence-electron chi connectivity index (χ1n) is 10.8. The molecule has 3 aromatic rings. The Bertz CT molecular complexity index is 1170. The maximum absolute atomic E-state index is 13.3. The van der Waals surface area contributed by atoms with Crippen molar-refractivity contribution in [3.8, 4) is 5.69 Å². The average molecular weight is 438 g/mol. The van der Waals surface area contributed by atoms with Crippen molar-refractivity contribution in [3.63, 3.8) is 0 Å². The summed E-state index contributed by atoms with van der Waals surface area (Å²) in [6, 6.07) is 11.6. The number of H-pyrrole nitrogens is 1. The Morgan fingerprint density at radius 1 is 1.03 bits per heavy atom. The van der Waals surface area contributed by atoms with Crippen LogP contribution in [-0.2, 0) is 17.8 Å². The second-order valence-corrected chi connectivity index (χ2v) is 8.83. The molecule has 0 saturated heterocycles. The number of rotatable bonds is 8. The molecule has 0 aliphatic carbocycles. The topological polar surface area (TPSA) is 106 Å². The van der Waals surface area contributed by atoms with Gasteiger partial charge < -0.3 is 15.2 Å². The summed E-state index contributed by atoms with van der Waals surface area (Å²) in [5.41, 5.74) is 6.90. The number of aromatic amines is 1. The highest BCUT2D eigenvalue weighted by Gasteiger charge is 2.25. The summed E-state index contributed by atoms with van der Waals surface area (Å²) >= 11 is 0. The second kappa shape index (κ2) is 9.72. The van der Waals surface area contributed by atoms with E-state index >= 15 is 0 Å². The van der Waals surface area contributed by atoms with Crippen LogP contribution in [0.1, 0.15) is 33.3 Å². The highest BCUT2D eigenvalue weighted by molar-refractivity contribution is 5.96. The van der Waals surface area contributed by atoms with Gasteiger partial charge in [0.25, 0.3) is 5.56 Å². The molecule has 0 atom stereocenters. The fraction of sp³-hybridized carbons (Fsp3) is 0.375. The molecule has 2 aromatic heterocycles. The molecule has 0 aliphatic rings. The average Bonchev–Trinajstić information content (AvgIpc) is 3.25. The summed E-state index contributed by atoms with van der Waals surface area (Å²) in [4.78, 5) is 42.1. The van der Waals surface area contributed by atoms with Crippen molar-refractivity contribution in [2.45, 2.75) is 40.7 Å². The summed E-state index contributed by atoms with van der Waals surface area (Å²) in [6.07, 6.45) is 4.01. The van der Waals surface area contributed by atoms with Crippen molar-refractivity contribution in [2.75, 3.05) is 17.2 Å². The molecule has 3 rings (SSSR count). The van der Waals surface area contributed by atoms with Crippen molar-refractivity contribution in [2.24, 2.45) is 11.8 Å². The second-order valence-electron chi connectivity index (χ2n) is 8.83. The number of carbonyl (C=O) groups excluding carboxylic acids is 1. The van der Waals surface area contributed by atoms with Gasteiger partial charge in [-0.25, -0.2) is 4.79 Å². The van der Waals surface area contributed by atoms with Crippen LogP contribution in [-0.4, -0.2) is 26.6 Å². The zero-order chi connectivity index (χ0) is 23.4. The fourth-order valence-electron chi connectivity index (χ4n) is 3.63. The van der Waals surface area contributed by atoms with Crippen molar-refractivity contribution < 1.29 is 4.79 Å². The van der Waals surface area contributed by atoms with E-state index in [9.17, 15) is 14.4 Å². The number of amides is 1. The van der Waals surface area contributed by atoms with Gasteiger partial charge in [-0.3, -0.25) is 19.1 Å². The summed E-state index contributed by atoms with van der Waals surface area (Å²) in [6.45, 7) is 8.48. The Hall–Kier alpha value is -3.55. The van der Waals surface area contributed by atoms with Crippen LogP contribution in [0.5, 0.6) is 0 Å². The zero-order valence-electron chi connectivity index (χ0n) is 19.0. The third-order valence-corrected chi connectivity index (χ3v) is 5.07. The molecule has 1 aromatic carbocycles. The van der Waals surface area contributed by atoms with Gasteiger partial charge in [-0.15, -0.1) is 0 Å². The quantitative estimate of drug-likeness (QED) is 0.565. The molecule has 0 unspecified atom stereocenters. The van der Waals surface area contributed by atoms with Gasteiger partial charge >= 0.3 is 5.69 Å². The molecular formula is C24H31N5O3. The van der Waals surface area contributed by atoms with Crippen LogP contribution in [0.15, 0.2) is 58.4 Å². The molecule has 0 bridgehead atoms. The number of nitrogen functional groups attached to an aromatic ring is 1. The van der Waals surface area contributed by atoms with Crippen molar-refractivity contribution in [1.29, 1.82) is 0 Å². The molecule has 8 heteroatoms. The molecule has 0 saturated carbocycles. The normalized spacial score (nSPS) is 11.3. The van der Waals surface area contributed by atoms with E-state index < -0.39 is 11.2 Å². The number of carbonyl (C=O) groups is 1. The number of benzene rings is 1. The molecule has 0 fully saturated rings. The van der Waals surface area contributed by atoms with Crippen molar-refractivity contribution >= 4 is 17.4 Å². The van der Waals surface area contributed by atoms with Gasteiger partial charge in [0, 0.05) is 31.2 Å². The van der Waals surface area contributed by atoms with Crippen LogP contribution < -0.4 is 21.9 Å². The third-order valence-electron chi connectivity index (χ3n) is 5.07. The van der Waals surface area contributed by atoms with E-state index in [0.29, 0.717) is 13.1 Å². The molecule has 0 aliphatic heterocycles. The lowest BCUT2D eigenvalue weighted by atomic mass is 10.1. The minimum absolute atomic E-state index is 0.0180.